The first-order valence-corrected chi connectivity index (χ1v) is 9.30. The Kier molecular flexibility index (Phi) is 5.37. The summed E-state index contributed by atoms with van der Waals surface area (Å²) in [7, 11) is 3.11. The van der Waals surface area contributed by atoms with E-state index in [0.29, 0.717) is 52.5 Å². The van der Waals surface area contributed by atoms with Gasteiger partial charge in [0, 0.05) is 17.8 Å². The lowest BCUT2D eigenvalue weighted by Crippen LogP contribution is -2.52. The van der Waals surface area contributed by atoms with Gasteiger partial charge in [-0.3, -0.25) is 10.4 Å². The highest BCUT2D eigenvalue weighted by Gasteiger charge is 2.34. The molecule has 2 aromatic rings. The van der Waals surface area contributed by atoms with Crippen molar-refractivity contribution in [3.05, 3.63) is 54.0 Å². The number of hydrazine groups is 1. The van der Waals surface area contributed by atoms with E-state index in [2.05, 4.69) is 37.8 Å². The van der Waals surface area contributed by atoms with Gasteiger partial charge in [0.2, 0.25) is 0 Å². The molecule has 0 aliphatic carbocycles. The van der Waals surface area contributed by atoms with Crippen LogP contribution >= 0.6 is 0 Å². The van der Waals surface area contributed by atoms with Crippen LogP contribution in [0.2, 0.25) is 0 Å². The molecule has 1 unspecified atom stereocenters. The third-order valence-corrected chi connectivity index (χ3v) is 4.60. The summed E-state index contributed by atoms with van der Waals surface area (Å²) in [4.78, 5) is 13.3. The third kappa shape index (κ3) is 4.09. The number of methoxy groups -OCH3 is 2. The summed E-state index contributed by atoms with van der Waals surface area (Å²) >= 11 is 0. The highest BCUT2D eigenvalue weighted by Crippen LogP contribution is 2.24. The first kappa shape index (κ1) is 19.7. The Balaban J connectivity index is 1.70. The van der Waals surface area contributed by atoms with Crippen molar-refractivity contribution in [1.29, 1.82) is 10.5 Å². The molecule has 1 aromatic heterocycles. The van der Waals surface area contributed by atoms with Gasteiger partial charge in [0.05, 0.1) is 44.7 Å². The molecule has 1 aromatic carbocycles. The van der Waals surface area contributed by atoms with Crippen molar-refractivity contribution in [3.8, 4) is 23.6 Å². The van der Waals surface area contributed by atoms with Gasteiger partial charge in [0.1, 0.15) is 23.0 Å². The molecule has 0 saturated carbocycles. The van der Waals surface area contributed by atoms with Crippen LogP contribution in [0.3, 0.4) is 0 Å². The third-order valence-electron chi connectivity index (χ3n) is 4.60. The van der Waals surface area contributed by atoms with Crippen LogP contribution < -0.4 is 20.2 Å². The molecule has 10 heteroatoms. The number of nitrogens with zero attached hydrogens (tertiary/aromatic N) is 6. The van der Waals surface area contributed by atoms with Gasteiger partial charge in [-0.05, 0) is 24.3 Å². The Morgan fingerprint density at radius 1 is 1.19 bits per heavy atom. The highest BCUT2D eigenvalue weighted by molar-refractivity contribution is 6.47. The number of rotatable bonds is 5. The summed E-state index contributed by atoms with van der Waals surface area (Å²) in [5.74, 6) is 2.77. The maximum Gasteiger partial charge on any atom is 0.170 e. The first-order valence-electron chi connectivity index (χ1n) is 9.30. The predicted molar refractivity (Wildman–Crippen MR) is 114 cm³/mol. The van der Waals surface area contributed by atoms with Crippen molar-refractivity contribution in [2.75, 3.05) is 26.1 Å². The second kappa shape index (κ2) is 8.43. The molecule has 0 bridgehead atoms. The van der Waals surface area contributed by atoms with Gasteiger partial charge >= 0.3 is 0 Å². The lowest BCUT2D eigenvalue weighted by atomic mass is 10.2. The van der Waals surface area contributed by atoms with Crippen molar-refractivity contribution in [2.45, 2.75) is 6.04 Å². The minimum atomic E-state index is -0.477. The van der Waals surface area contributed by atoms with Crippen molar-refractivity contribution in [3.63, 3.8) is 0 Å². The Hall–Kier alpha value is -4.57. The van der Waals surface area contributed by atoms with E-state index in [1.165, 1.54) is 7.11 Å². The maximum absolute atomic E-state index is 9.49. The van der Waals surface area contributed by atoms with Crippen LogP contribution in [-0.4, -0.2) is 48.3 Å². The maximum atomic E-state index is 9.49. The Bertz CT molecular complexity index is 1170. The molecule has 2 N–H and O–H groups in total. The van der Waals surface area contributed by atoms with Crippen molar-refractivity contribution >= 4 is 23.1 Å². The van der Waals surface area contributed by atoms with Crippen LogP contribution in [-0.2, 0) is 0 Å². The number of pyridine rings is 1. The number of hydrogen-bond acceptors (Lipinski definition) is 10. The van der Waals surface area contributed by atoms with Gasteiger partial charge in [0.15, 0.2) is 17.7 Å². The molecule has 154 valence electrons. The Morgan fingerprint density at radius 2 is 2.03 bits per heavy atom. The number of fused-ring (bicyclic) bond motifs is 1. The normalized spacial score (nSPS) is 18.1. The Labute approximate surface area is 178 Å². The molecule has 10 nitrogen and oxygen atoms in total. The van der Waals surface area contributed by atoms with Crippen molar-refractivity contribution in [1.82, 2.24) is 15.4 Å². The molecule has 0 saturated heterocycles. The fraction of sp³-hybridized carbons (Fsp3) is 0.190. The highest BCUT2D eigenvalue weighted by atomic mass is 16.5. The predicted octanol–water partition coefficient (Wildman–Crippen LogP) is 2.12. The molecule has 0 amide bonds. The van der Waals surface area contributed by atoms with Crippen molar-refractivity contribution in [2.24, 2.45) is 9.98 Å². The number of aliphatic imine (C=N–C) groups is 2. The second-order valence-electron chi connectivity index (χ2n) is 6.59. The van der Waals surface area contributed by atoms with Gasteiger partial charge in [0.25, 0.3) is 0 Å². The number of nitriles is 2. The number of anilines is 1. The monoisotopic (exact) mass is 414 g/mol. The Morgan fingerprint density at radius 3 is 2.71 bits per heavy atom. The van der Waals surface area contributed by atoms with Gasteiger partial charge in [-0.1, -0.05) is 0 Å². The minimum Gasteiger partial charge on any atom is -0.497 e. The van der Waals surface area contributed by atoms with Gasteiger partial charge in [-0.25, -0.2) is 15.0 Å². The SMILES string of the molecule is COc1ccc(N=C2C=C(Nc3cc(C#N)cc(OC)c3)NN3C2=NCC3C#N)nc1. The zero-order valence-electron chi connectivity index (χ0n) is 16.8. The molecule has 0 radical (unpaired) electrons. The average Bonchev–Trinajstić information content (AvgIpc) is 3.22. The minimum absolute atomic E-state index is 0.326. The van der Waals surface area contributed by atoms with Crippen LogP contribution in [0.15, 0.2) is 58.4 Å². The fourth-order valence-electron chi connectivity index (χ4n) is 3.11. The zero-order chi connectivity index (χ0) is 21.8. The average molecular weight is 414 g/mol. The molecule has 4 rings (SSSR count). The number of hydrogen-bond donors (Lipinski definition) is 2. The lowest BCUT2D eigenvalue weighted by molar-refractivity contribution is 0.328. The van der Waals surface area contributed by atoms with Crippen LogP contribution in [0.4, 0.5) is 11.5 Å². The number of ether oxygens (including phenoxy) is 2. The van der Waals surface area contributed by atoms with Crippen LogP contribution in [0.5, 0.6) is 11.5 Å². The van der Waals surface area contributed by atoms with Gasteiger partial charge < -0.3 is 14.8 Å². The van der Waals surface area contributed by atoms with E-state index < -0.39 is 6.04 Å². The fourth-order valence-corrected chi connectivity index (χ4v) is 3.11. The van der Waals surface area contributed by atoms with E-state index in [0.717, 1.165) is 0 Å². The number of amidine groups is 1. The van der Waals surface area contributed by atoms with E-state index in [1.54, 1.807) is 54.7 Å². The number of nitrogens with one attached hydrogen (secondary N) is 2. The second-order valence-corrected chi connectivity index (χ2v) is 6.59. The summed E-state index contributed by atoms with van der Waals surface area (Å²) in [6, 6.07) is 12.5. The zero-order valence-corrected chi connectivity index (χ0v) is 16.8. The quantitative estimate of drug-likeness (QED) is 0.761. The topological polar surface area (TPSA) is 131 Å². The molecule has 2 aliphatic rings. The van der Waals surface area contributed by atoms with Crippen LogP contribution in [0.25, 0.3) is 0 Å². The van der Waals surface area contributed by atoms with E-state index >= 15 is 0 Å². The van der Waals surface area contributed by atoms with E-state index in [1.807, 2.05) is 0 Å². The standard InChI is InChI=1S/C21H18N8O2/c1-30-16-3-4-19(24-12-16)27-18-8-20(28-29-15(10-23)11-25-21(18)29)26-14-5-13(9-22)6-17(7-14)31-2/h3-8,12,15,26,28H,11H2,1-2H3. The van der Waals surface area contributed by atoms with E-state index in [-0.39, 0.29) is 0 Å². The number of aromatic nitrogens is 1. The summed E-state index contributed by atoms with van der Waals surface area (Å²) in [6.07, 6.45) is 3.35. The van der Waals surface area contributed by atoms with Gasteiger partial charge in [-0.2, -0.15) is 10.5 Å². The molecule has 1 atom stereocenters. The first-order chi connectivity index (χ1) is 15.1. The molecule has 31 heavy (non-hydrogen) atoms. The molecule has 3 heterocycles. The molecular weight excluding hydrogens is 396 g/mol. The van der Waals surface area contributed by atoms with E-state index in [9.17, 15) is 10.5 Å². The largest absolute Gasteiger partial charge is 0.497 e. The molecular formula is C21H18N8O2. The van der Waals surface area contributed by atoms with Crippen LogP contribution in [0.1, 0.15) is 5.56 Å². The molecule has 0 fully saturated rings. The summed E-state index contributed by atoms with van der Waals surface area (Å²) in [5.41, 5.74) is 4.80. The van der Waals surface area contributed by atoms with Crippen LogP contribution in [0, 0.1) is 22.7 Å². The molecule has 2 aliphatic heterocycles. The van der Waals surface area contributed by atoms with E-state index in [4.69, 9.17) is 9.47 Å². The smallest absolute Gasteiger partial charge is 0.170 e. The van der Waals surface area contributed by atoms with Gasteiger partial charge in [-0.15, -0.1) is 0 Å². The summed E-state index contributed by atoms with van der Waals surface area (Å²) in [6.45, 7) is 0.326. The molecule has 0 spiro atoms. The summed E-state index contributed by atoms with van der Waals surface area (Å²) in [5, 5.41) is 23.6. The summed E-state index contributed by atoms with van der Waals surface area (Å²) < 4.78 is 10.4. The number of benzene rings is 1. The lowest BCUT2D eigenvalue weighted by Gasteiger charge is -2.31. The van der Waals surface area contributed by atoms with Crippen molar-refractivity contribution < 1.29 is 9.47 Å².